The summed E-state index contributed by atoms with van der Waals surface area (Å²) in [6, 6.07) is 11.2. The van der Waals surface area contributed by atoms with E-state index in [1.807, 2.05) is 0 Å². The van der Waals surface area contributed by atoms with Crippen molar-refractivity contribution in [2.45, 2.75) is 0 Å². The molecule has 2 N–H and O–H groups in total. The van der Waals surface area contributed by atoms with Gasteiger partial charge in [0.15, 0.2) is 0 Å². The van der Waals surface area contributed by atoms with Gasteiger partial charge in [-0.05, 0) is 35.9 Å². The Morgan fingerprint density at radius 3 is 2.60 bits per heavy atom. The smallest absolute Gasteiger partial charge is 0.259 e. The lowest BCUT2D eigenvalue weighted by molar-refractivity contribution is -0.122. The highest BCUT2D eigenvalue weighted by Gasteiger charge is 2.33. The SMILES string of the molecule is COc1cccc(C2=C(c3c[nH]c4ccc(F)cc34)C(=O)NC2=O)c1. The quantitative estimate of drug-likeness (QED) is 0.723. The van der Waals surface area contributed by atoms with Gasteiger partial charge in [0, 0.05) is 22.7 Å². The van der Waals surface area contributed by atoms with Crippen molar-refractivity contribution in [3.8, 4) is 5.75 Å². The van der Waals surface area contributed by atoms with E-state index in [1.54, 1.807) is 36.5 Å². The summed E-state index contributed by atoms with van der Waals surface area (Å²) in [5, 5.41) is 2.86. The summed E-state index contributed by atoms with van der Waals surface area (Å²) < 4.78 is 18.9. The highest BCUT2D eigenvalue weighted by atomic mass is 19.1. The number of benzene rings is 2. The normalized spacial score (nSPS) is 14.3. The molecule has 3 aromatic rings. The molecule has 0 radical (unpaired) electrons. The van der Waals surface area contributed by atoms with Crippen molar-refractivity contribution in [1.29, 1.82) is 0 Å². The number of imide groups is 1. The van der Waals surface area contributed by atoms with Crippen molar-refractivity contribution < 1.29 is 18.7 Å². The number of amides is 2. The number of carbonyl (C=O) groups is 2. The molecule has 2 aromatic carbocycles. The zero-order valence-electron chi connectivity index (χ0n) is 13.2. The van der Waals surface area contributed by atoms with Crippen LogP contribution in [0.2, 0.25) is 0 Å². The van der Waals surface area contributed by atoms with E-state index in [0.717, 1.165) is 0 Å². The zero-order chi connectivity index (χ0) is 17.6. The molecule has 124 valence electrons. The third-order valence-electron chi connectivity index (χ3n) is 4.20. The van der Waals surface area contributed by atoms with Crippen molar-refractivity contribution in [3.63, 3.8) is 0 Å². The fraction of sp³-hybridized carbons (Fsp3) is 0.0526. The Kier molecular flexibility index (Phi) is 3.39. The maximum absolute atomic E-state index is 13.7. The van der Waals surface area contributed by atoms with E-state index in [4.69, 9.17) is 4.74 Å². The van der Waals surface area contributed by atoms with Gasteiger partial charge in [0.25, 0.3) is 11.8 Å². The van der Waals surface area contributed by atoms with Gasteiger partial charge in [-0.25, -0.2) is 4.39 Å². The molecule has 0 spiro atoms. The predicted octanol–water partition coefficient (Wildman–Crippen LogP) is 2.88. The topological polar surface area (TPSA) is 71.2 Å². The number of aromatic amines is 1. The number of rotatable bonds is 3. The lowest BCUT2D eigenvalue weighted by atomic mass is 9.96. The maximum atomic E-state index is 13.7. The first-order chi connectivity index (χ1) is 12.1. The minimum Gasteiger partial charge on any atom is -0.497 e. The second-order valence-corrected chi connectivity index (χ2v) is 5.66. The van der Waals surface area contributed by atoms with Crippen LogP contribution in [0.15, 0.2) is 48.7 Å². The molecule has 5 nitrogen and oxygen atoms in total. The number of hydrogen-bond donors (Lipinski definition) is 2. The Hall–Kier alpha value is -3.41. The van der Waals surface area contributed by atoms with Crippen molar-refractivity contribution in [2.75, 3.05) is 7.11 Å². The number of hydrogen-bond acceptors (Lipinski definition) is 3. The predicted molar refractivity (Wildman–Crippen MR) is 91.2 cm³/mol. The molecule has 2 amide bonds. The van der Waals surface area contributed by atoms with Gasteiger partial charge in [0.1, 0.15) is 11.6 Å². The maximum Gasteiger partial charge on any atom is 0.259 e. The molecule has 2 heterocycles. The van der Waals surface area contributed by atoms with Gasteiger partial charge in [-0.3, -0.25) is 14.9 Å². The highest BCUT2D eigenvalue weighted by molar-refractivity contribution is 6.50. The summed E-state index contributed by atoms with van der Waals surface area (Å²) in [5.41, 5.74) is 2.18. The second-order valence-electron chi connectivity index (χ2n) is 5.66. The van der Waals surface area contributed by atoms with Gasteiger partial charge in [0.2, 0.25) is 0 Å². The van der Waals surface area contributed by atoms with E-state index in [-0.39, 0.29) is 11.1 Å². The molecule has 4 rings (SSSR count). The fourth-order valence-electron chi connectivity index (χ4n) is 3.07. The third-order valence-corrected chi connectivity index (χ3v) is 4.20. The van der Waals surface area contributed by atoms with E-state index < -0.39 is 17.6 Å². The average Bonchev–Trinajstić information content (AvgIpc) is 3.14. The second kappa shape index (κ2) is 5.59. The van der Waals surface area contributed by atoms with Crippen LogP contribution in [0.4, 0.5) is 4.39 Å². The van der Waals surface area contributed by atoms with Crippen LogP contribution < -0.4 is 10.1 Å². The summed E-state index contributed by atoms with van der Waals surface area (Å²) in [4.78, 5) is 27.8. The third kappa shape index (κ3) is 2.39. The van der Waals surface area contributed by atoms with Crippen LogP contribution in [-0.4, -0.2) is 23.9 Å². The minimum absolute atomic E-state index is 0.218. The van der Waals surface area contributed by atoms with Crippen molar-refractivity contribution in [1.82, 2.24) is 10.3 Å². The van der Waals surface area contributed by atoms with Gasteiger partial charge in [0.05, 0.1) is 18.3 Å². The Morgan fingerprint density at radius 2 is 1.80 bits per heavy atom. The molecule has 1 aromatic heterocycles. The molecular weight excluding hydrogens is 323 g/mol. The van der Waals surface area contributed by atoms with Crippen LogP contribution in [-0.2, 0) is 9.59 Å². The monoisotopic (exact) mass is 336 g/mol. The number of fused-ring (bicyclic) bond motifs is 1. The molecule has 0 bridgehead atoms. The van der Waals surface area contributed by atoms with E-state index in [1.165, 1.54) is 19.2 Å². The Morgan fingerprint density at radius 1 is 1.00 bits per heavy atom. The van der Waals surface area contributed by atoms with Gasteiger partial charge in [-0.15, -0.1) is 0 Å². The summed E-state index contributed by atoms with van der Waals surface area (Å²) in [6.07, 6.45) is 1.61. The lowest BCUT2D eigenvalue weighted by Crippen LogP contribution is -2.22. The van der Waals surface area contributed by atoms with Crippen LogP contribution in [0.5, 0.6) is 5.75 Å². The molecule has 0 atom stereocenters. The number of aromatic nitrogens is 1. The van der Waals surface area contributed by atoms with Gasteiger partial charge in [-0.1, -0.05) is 12.1 Å². The molecule has 0 saturated heterocycles. The van der Waals surface area contributed by atoms with Crippen LogP contribution in [0.1, 0.15) is 11.1 Å². The first-order valence-corrected chi connectivity index (χ1v) is 7.60. The average molecular weight is 336 g/mol. The van der Waals surface area contributed by atoms with E-state index in [2.05, 4.69) is 10.3 Å². The Labute approximate surface area is 142 Å². The first kappa shape index (κ1) is 15.1. The van der Waals surface area contributed by atoms with Crippen molar-refractivity contribution in [3.05, 3.63) is 65.6 Å². The number of halogens is 1. The number of ether oxygens (including phenoxy) is 1. The van der Waals surface area contributed by atoms with Crippen molar-refractivity contribution >= 4 is 33.9 Å². The van der Waals surface area contributed by atoms with Crippen LogP contribution in [0, 0.1) is 5.82 Å². The lowest BCUT2D eigenvalue weighted by Gasteiger charge is -2.06. The zero-order valence-corrected chi connectivity index (χ0v) is 13.2. The number of nitrogens with one attached hydrogen (secondary N) is 2. The van der Waals surface area contributed by atoms with E-state index in [0.29, 0.717) is 27.8 Å². The molecule has 0 saturated carbocycles. The molecule has 1 aliphatic heterocycles. The van der Waals surface area contributed by atoms with E-state index >= 15 is 0 Å². The largest absolute Gasteiger partial charge is 0.497 e. The summed E-state index contributed by atoms with van der Waals surface area (Å²) >= 11 is 0. The highest BCUT2D eigenvalue weighted by Crippen LogP contribution is 2.35. The molecular formula is C19H13FN2O3. The summed E-state index contributed by atoms with van der Waals surface area (Å²) in [5.74, 6) is -0.838. The molecule has 0 unspecified atom stereocenters. The number of methoxy groups -OCH3 is 1. The molecule has 1 aliphatic rings. The van der Waals surface area contributed by atoms with E-state index in [9.17, 15) is 14.0 Å². The summed E-state index contributed by atoms with van der Waals surface area (Å²) in [7, 11) is 1.52. The first-order valence-electron chi connectivity index (χ1n) is 7.60. The van der Waals surface area contributed by atoms with Gasteiger partial charge in [-0.2, -0.15) is 0 Å². The molecule has 0 fully saturated rings. The molecule has 6 heteroatoms. The van der Waals surface area contributed by atoms with Crippen LogP contribution >= 0.6 is 0 Å². The standard InChI is InChI=1S/C19H13FN2O3/c1-25-12-4-2-3-10(7-12)16-17(19(24)22-18(16)23)14-9-21-15-6-5-11(20)8-13(14)15/h2-9,21H,1H3,(H,22,23,24). The van der Waals surface area contributed by atoms with Crippen LogP contribution in [0.25, 0.3) is 22.0 Å². The number of carbonyl (C=O) groups excluding carboxylic acids is 2. The van der Waals surface area contributed by atoms with Crippen LogP contribution in [0.3, 0.4) is 0 Å². The molecule has 25 heavy (non-hydrogen) atoms. The van der Waals surface area contributed by atoms with Gasteiger partial charge >= 0.3 is 0 Å². The Bertz CT molecular complexity index is 1070. The van der Waals surface area contributed by atoms with Crippen molar-refractivity contribution in [2.24, 2.45) is 0 Å². The fourth-order valence-corrected chi connectivity index (χ4v) is 3.07. The van der Waals surface area contributed by atoms with Gasteiger partial charge < -0.3 is 9.72 Å². The Balaban J connectivity index is 2.00. The minimum atomic E-state index is -0.506. The molecule has 0 aliphatic carbocycles. The number of H-pyrrole nitrogens is 1. The summed E-state index contributed by atoms with van der Waals surface area (Å²) in [6.45, 7) is 0.